The second kappa shape index (κ2) is 5.47. The Morgan fingerprint density at radius 2 is 1.95 bits per heavy atom. The second-order valence-electron chi connectivity index (χ2n) is 5.32. The van der Waals surface area contributed by atoms with Crippen molar-refractivity contribution in [3.05, 3.63) is 35.6 Å². The minimum Gasteiger partial charge on any atom is -0.355 e. The molecule has 1 amide bonds. The first kappa shape index (κ1) is 14.3. The van der Waals surface area contributed by atoms with Crippen LogP contribution in [0.15, 0.2) is 24.3 Å². The van der Waals surface area contributed by atoms with E-state index >= 15 is 0 Å². The summed E-state index contributed by atoms with van der Waals surface area (Å²) in [5, 5.41) is 6.21. The third-order valence-electron chi connectivity index (χ3n) is 4.00. The van der Waals surface area contributed by atoms with Gasteiger partial charge in [0.05, 0.1) is 5.41 Å². The number of halogens is 2. The normalized spacial score (nSPS) is 20.1. The van der Waals surface area contributed by atoms with Crippen LogP contribution in [0, 0.1) is 11.7 Å². The van der Waals surface area contributed by atoms with Crippen LogP contribution in [-0.2, 0) is 10.2 Å². The molecule has 1 aliphatic carbocycles. The van der Waals surface area contributed by atoms with Gasteiger partial charge in [-0.1, -0.05) is 12.1 Å². The van der Waals surface area contributed by atoms with Gasteiger partial charge in [0, 0.05) is 25.6 Å². The molecule has 2 aliphatic rings. The monoisotopic (exact) mass is 284 g/mol. The maximum absolute atomic E-state index is 12.9. The smallest absolute Gasteiger partial charge is 0.230 e. The Balaban J connectivity index is 0.00000133. The van der Waals surface area contributed by atoms with E-state index in [1.807, 2.05) is 0 Å². The van der Waals surface area contributed by atoms with Gasteiger partial charge in [-0.2, -0.15) is 0 Å². The summed E-state index contributed by atoms with van der Waals surface area (Å²) in [5.74, 6) is 0.412. The van der Waals surface area contributed by atoms with Crippen LogP contribution in [0.2, 0.25) is 0 Å². The van der Waals surface area contributed by atoms with Crippen LogP contribution in [0.4, 0.5) is 4.39 Å². The Morgan fingerprint density at radius 1 is 1.32 bits per heavy atom. The van der Waals surface area contributed by atoms with Gasteiger partial charge in [0.1, 0.15) is 5.82 Å². The van der Waals surface area contributed by atoms with Crippen molar-refractivity contribution < 1.29 is 9.18 Å². The largest absolute Gasteiger partial charge is 0.355 e. The molecule has 3 rings (SSSR count). The van der Waals surface area contributed by atoms with Gasteiger partial charge in [-0.05, 0) is 30.5 Å². The van der Waals surface area contributed by atoms with Gasteiger partial charge in [0.25, 0.3) is 0 Å². The zero-order valence-electron chi connectivity index (χ0n) is 10.6. The highest BCUT2D eigenvalue weighted by molar-refractivity contribution is 5.91. The maximum Gasteiger partial charge on any atom is 0.230 e. The van der Waals surface area contributed by atoms with Crippen molar-refractivity contribution in [1.29, 1.82) is 0 Å². The molecule has 0 atom stereocenters. The molecule has 19 heavy (non-hydrogen) atoms. The summed E-state index contributed by atoms with van der Waals surface area (Å²) in [7, 11) is 0. The number of hydrogen-bond acceptors (Lipinski definition) is 2. The molecule has 0 radical (unpaired) electrons. The van der Waals surface area contributed by atoms with E-state index in [0.29, 0.717) is 5.92 Å². The van der Waals surface area contributed by atoms with Gasteiger partial charge < -0.3 is 10.6 Å². The SMILES string of the molecule is Cl.O=C(NCC1CNC1)C1(c2ccc(F)cc2)CC1. The predicted molar refractivity (Wildman–Crippen MR) is 73.9 cm³/mol. The molecule has 1 aromatic carbocycles. The molecule has 1 aromatic rings. The van der Waals surface area contributed by atoms with E-state index in [0.717, 1.165) is 38.0 Å². The third kappa shape index (κ3) is 2.74. The summed E-state index contributed by atoms with van der Waals surface area (Å²) < 4.78 is 12.9. The van der Waals surface area contributed by atoms with E-state index in [2.05, 4.69) is 10.6 Å². The van der Waals surface area contributed by atoms with Crippen LogP contribution in [0.3, 0.4) is 0 Å². The van der Waals surface area contributed by atoms with Gasteiger partial charge in [0.15, 0.2) is 0 Å². The average Bonchev–Trinajstić information content (AvgIpc) is 3.09. The Morgan fingerprint density at radius 3 is 2.42 bits per heavy atom. The summed E-state index contributed by atoms with van der Waals surface area (Å²) in [5.41, 5.74) is 0.554. The Hall–Kier alpha value is -1.13. The first-order valence-electron chi connectivity index (χ1n) is 6.46. The van der Waals surface area contributed by atoms with Gasteiger partial charge in [-0.15, -0.1) is 12.4 Å². The Labute approximate surface area is 118 Å². The van der Waals surface area contributed by atoms with Crippen molar-refractivity contribution in [3.8, 4) is 0 Å². The maximum atomic E-state index is 12.9. The molecule has 3 nitrogen and oxygen atoms in total. The van der Waals surface area contributed by atoms with Crippen molar-refractivity contribution in [2.45, 2.75) is 18.3 Å². The fourth-order valence-electron chi connectivity index (χ4n) is 2.44. The molecule has 2 N–H and O–H groups in total. The minimum absolute atomic E-state index is 0. The molecular formula is C14H18ClFN2O. The molecule has 1 aliphatic heterocycles. The van der Waals surface area contributed by atoms with Gasteiger partial charge in [-0.3, -0.25) is 4.79 Å². The van der Waals surface area contributed by atoms with Gasteiger partial charge in [0.2, 0.25) is 5.91 Å². The Bertz CT molecular complexity index is 455. The fraction of sp³-hybridized carbons (Fsp3) is 0.500. The predicted octanol–water partition coefficient (Wildman–Crippen LogP) is 1.61. The van der Waals surface area contributed by atoms with Gasteiger partial charge >= 0.3 is 0 Å². The molecule has 5 heteroatoms. The van der Waals surface area contributed by atoms with Crippen LogP contribution in [0.1, 0.15) is 18.4 Å². The summed E-state index contributed by atoms with van der Waals surface area (Å²) in [6, 6.07) is 6.32. The number of carbonyl (C=O) groups is 1. The molecule has 1 saturated carbocycles. The number of rotatable bonds is 4. The van der Waals surface area contributed by atoms with Crippen LogP contribution in [-0.4, -0.2) is 25.5 Å². The first-order chi connectivity index (χ1) is 8.71. The molecule has 0 spiro atoms. The first-order valence-corrected chi connectivity index (χ1v) is 6.46. The lowest BCUT2D eigenvalue weighted by Crippen LogP contribution is -2.49. The van der Waals surface area contributed by atoms with Crippen LogP contribution in [0.5, 0.6) is 0 Å². The molecule has 1 heterocycles. The van der Waals surface area contributed by atoms with E-state index in [1.165, 1.54) is 12.1 Å². The number of hydrogen-bond donors (Lipinski definition) is 2. The van der Waals surface area contributed by atoms with Crippen LogP contribution in [0.25, 0.3) is 0 Å². The zero-order valence-corrected chi connectivity index (χ0v) is 11.4. The van der Waals surface area contributed by atoms with Crippen molar-refractivity contribution in [1.82, 2.24) is 10.6 Å². The lowest BCUT2D eigenvalue weighted by atomic mass is 9.94. The fourth-order valence-corrected chi connectivity index (χ4v) is 2.44. The van der Waals surface area contributed by atoms with E-state index in [9.17, 15) is 9.18 Å². The Kier molecular flexibility index (Phi) is 4.11. The van der Waals surface area contributed by atoms with Crippen molar-refractivity contribution in [2.24, 2.45) is 5.92 Å². The summed E-state index contributed by atoms with van der Waals surface area (Å²) >= 11 is 0. The summed E-state index contributed by atoms with van der Waals surface area (Å²) in [4.78, 5) is 12.2. The summed E-state index contributed by atoms with van der Waals surface area (Å²) in [6.07, 6.45) is 1.74. The van der Waals surface area contributed by atoms with E-state index < -0.39 is 0 Å². The van der Waals surface area contributed by atoms with Gasteiger partial charge in [-0.25, -0.2) is 4.39 Å². The highest BCUT2D eigenvalue weighted by Crippen LogP contribution is 2.48. The van der Waals surface area contributed by atoms with E-state index in [-0.39, 0.29) is 29.5 Å². The molecule has 0 unspecified atom stereocenters. The molecule has 2 fully saturated rings. The standard InChI is InChI=1S/C14H17FN2O.ClH/c15-12-3-1-11(2-4-12)14(5-6-14)13(18)17-9-10-7-16-8-10;/h1-4,10,16H,5-9H2,(H,17,18);1H. The number of nitrogens with one attached hydrogen (secondary N) is 2. The molecule has 0 aromatic heterocycles. The number of benzene rings is 1. The average molecular weight is 285 g/mol. The van der Waals surface area contributed by atoms with Crippen molar-refractivity contribution in [2.75, 3.05) is 19.6 Å². The van der Waals surface area contributed by atoms with Crippen molar-refractivity contribution >= 4 is 18.3 Å². The number of amides is 1. The minimum atomic E-state index is -0.384. The highest BCUT2D eigenvalue weighted by Gasteiger charge is 2.51. The summed E-state index contributed by atoms with van der Waals surface area (Å²) in [6.45, 7) is 2.72. The molecule has 0 bridgehead atoms. The lowest BCUT2D eigenvalue weighted by Gasteiger charge is -2.28. The van der Waals surface area contributed by atoms with Crippen LogP contribution < -0.4 is 10.6 Å². The van der Waals surface area contributed by atoms with E-state index in [4.69, 9.17) is 0 Å². The molecule has 1 saturated heterocycles. The zero-order chi connectivity index (χ0) is 12.6. The quantitative estimate of drug-likeness (QED) is 0.882. The second-order valence-corrected chi connectivity index (χ2v) is 5.32. The number of carbonyl (C=O) groups excluding carboxylic acids is 1. The lowest BCUT2D eigenvalue weighted by molar-refractivity contribution is -0.123. The topological polar surface area (TPSA) is 41.1 Å². The molecular weight excluding hydrogens is 267 g/mol. The van der Waals surface area contributed by atoms with Crippen LogP contribution >= 0.6 is 12.4 Å². The van der Waals surface area contributed by atoms with Crippen molar-refractivity contribution in [3.63, 3.8) is 0 Å². The third-order valence-corrected chi connectivity index (χ3v) is 4.00. The molecule has 104 valence electrons. The van der Waals surface area contributed by atoms with E-state index in [1.54, 1.807) is 12.1 Å². The highest BCUT2D eigenvalue weighted by atomic mass is 35.5.